The van der Waals surface area contributed by atoms with Gasteiger partial charge >= 0.3 is 0 Å². The Morgan fingerprint density at radius 3 is 2.86 bits per heavy atom. The minimum Gasteiger partial charge on any atom is -0.508 e. The van der Waals surface area contributed by atoms with E-state index in [9.17, 15) is 14.7 Å². The lowest BCUT2D eigenvalue weighted by Gasteiger charge is -2.09. The van der Waals surface area contributed by atoms with Crippen LogP contribution in [0.4, 0.5) is 0 Å². The summed E-state index contributed by atoms with van der Waals surface area (Å²) < 4.78 is 5.84. The first-order chi connectivity index (χ1) is 10.5. The molecule has 0 radical (unpaired) electrons. The normalized spacial score (nSPS) is 17.0. The molecule has 1 aromatic carbocycles. The van der Waals surface area contributed by atoms with Crippen molar-refractivity contribution >= 4 is 51.3 Å². The van der Waals surface area contributed by atoms with Crippen LogP contribution in [-0.4, -0.2) is 26.8 Å². The number of nitrogens with zero attached hydrogens (tertiary/aromatic N) is 1. The molecule has 0 atom stereocenters. The molecule has 1 fully saturated rings. The van der Waals surface area contributed by atoms with E-state index < -0.39 is 0 Å². The maximum absolute atomic E-state index is 12.4. The first-order valence-corrected chi connectivity index (χ1v) is 7.73. The summed E-state index contributed by atoms with van der Waals surface area (Å²) in [5.74, 6) is -0.185. The Bertz CT molecular complexity index is 885. The Morgan fingerprint density at radius 1 is 1.41 bits per heavy atom. The van der Waals surface area contributed by atoms with Crippen LogP contribution in [-0.2, 0) is 4.79 Å². The molecule has 112 valence electrons. The molecular formula is C15H11NO4S2. The highest BCUT2D eigenvalue weighted by atomic mass is 32.2. The minimum absolute atomic E-state index is 0.0206. The summed E-state index contributed by atoms with van der Waals surface area (Å²) in [7, 11) is 0. The van der Waals surface area contributed by atoms with E-state index in [1.165, 1.54) is 47.2 Å². The molecule has 0 saturated carbocycles. The largest absolute Gasteiger partial charge is 0.508 e. The highest BCUT2D eigenvalue weighted by Gasteiger charge is 2.30. The van der Waals surface area contributed by atoms with E-state index in [0.717, 1.165) is 0 Å². The van der Waals surface area contributed by atoms with E-state index in [0.29, 0.717) is 26.7 Å². The predicted octanol–water partition coefficient (Wildman–Crippen LogP) is 2.72. The third kappa shape index (κ3) is 2.42. The van der Waals surface area contributed by atoms with Gasteiger partial charge in [0.15, 0.2) is 5.43 Å². The number of hydrogen-bond acceptors (Lipinski definition) is 6. The van der Waals surface area contributed by atoms with Gasteiger partial charge in [0.05, 0.1) is 15.9 Å². The summed E-state index contributed by atoms with van der Waals surface area (Å²) in [6.07, 6.45) is 2.77. The lowest BCUT2D eigenvalue weighted by atomic mass is 10.1. The Hall–Kier alpha value is -2.12. The Kier molecular flexibility index (Phi) is 3.76. The third-order valence-corrected chi connectivity index (χ3v) is 4.64. The number of carbonyl (C=O) groups excluding carboxylic acids is 1. The van der Waals surface area contributed by atoms with Crippen LogP contribution in [0.25, 0.3) is 17.0 Å². The van der Waals surface area contributed by atoms with E-state index in [1.54, 1.807) is 0 Å². The van der Waals surface area contributed by atoms with Crippen molar-refractivity contribution in [3.8, 4) is 5.75 Å². The van der Waals surface area contributed by atoms with Crippen LogP contribution in [0.2, 0.25) is 0 Å². The SMILES string of the molecule is CCN1C(=O)/C(=C/c2coc3cc(O)ccc3c2=O)SC1=S. The van der Waals surface area contributed by atoms with Gasteiger partial charge in [0.2, 0.25) is 0 Å². The first kappa shape index (κ1) is 14.8. The van der Waals surface area contributed by atoms with Gasteiger partial charge < -0.3 is 9.52 Å². The molecule has 0 bridgehead atoms. The summed E-state index contributed by atoms with van der Waals surface area (Å²) in [5.41, 5.74) is 0.307. The summed E-state index contributed by atoms with van der Waals surface area (Å²) in [6.45, 7) is 2.33. The number of aromatic hydroxyl groups is 1. The lowest BCUT2D eigenvalue weighted by molar-refractivity contribution is -0.121. The third-order valence-electron chi connectivity index (χ3n) is 3.26. The Labute approximate surface area is 135 Å². The van der Waals surface area contributed by atoms with Gasteiger partial charge in [0, 0.05) is 12.6 Å². The smallest absolute Gasteiger partial charge is 0.266 e. The Balaban J connectivity index is 2.09. The van der Waals surface area contributed by atoms with Crippen molar-refractivity contribution in [2.45, 2.75) is 6.92 Å². The predicted molar refractivity (Wildman–Crippen MR) is 89.7 cm³/mol. The first-order valence-electron chi connectivity index (χ1n) is 6.51. The van der Waals surface area contributed by atoms with E-state index in [4.69, 9.17) is 16.6 Å². The molecule has 7 heteroatoms. The maximum Gasteiger partial charge on any atom is 0.266 e. The number of likely N-dealkylation sites (N-methyl/N-ethyl adjacent to an activating group) is 1. The molecule has 5 nitrogen and oxygen atoms in total. The van der Waals surface area contributed by atoms with Crippen LogP contribution in [0, 0.1) is 0 Å². The molecule has 1 aliphatic rings. The second-order valence-electron chi connectivity index (χ2n) is 4.63. The van der Waals surface area contributed by atoms with Gasteiger partial charge in [-0.15, -0.1) is 0 Å². The van der Waals surface area contributed by atoms with Crippen molar-refractivity contribution in [2.24, 2.45) is 0 Å². The molecule has 1 aromatic heterocycles. The summed E-state index contributed by atoms with van der Waals surface area (Å²) in [4.78, 5) is 26.4. The second kappa shape index (κ2) is 5.58. The molecule has 0 unspecified atom stereocenters. The van der Waals surface area contributed by atoms with Crippen LogP contribution < -0.4 is 5.43 Å². The van der Waals surface area contributed by atoms with Gasteiger partial charge in [0.25, 0.3) is 5.91 Å². The van der Waals surface area contributed by atoms with Gasteiger partial charge in [-0.1, -0.05) is 24.0 Å². The van der Waals surface area contributed by atoms with Crippen molar-refractivity contribution < 1.29 is 14.3 Å². The highest BCUT2D eigenvalue weighted by Crippen LogP contribution is 2.32. The van der Waals surface area contributed by atoms with Crippen LogP contribution in [0.1, 0.15) is 12.5 Å². The zero-order valence-electron chi connectivity index (χ0n) is 11.5. The topological polar surface area (TPSA) is 70.8 Å². The van der Waals surface area contributed by atoms with E-state index in [-0.39, 0.29) is 22.6 Å². The molecule has 1 N–H and O–H groups in total. The fourth-order valence-corrected chi connectivity index (χ4v) is 3.52. The van der Waals surface area contributed by atoms with E-state index >= 15 is 0 Å². The van der Waals surface area contributed by atoms with Crippen molar-refractivity contribution in [1.29, 1.82) is 0 Å². The number of thiocarbonyl (C=S) groups is 1. The van der Waals surface area contributed by atoms with Crippen LogP contribution >= 0.6 is 24.0 Å². The van der Waals surface area contributed by atoms with Gasteiger partial charge in [-0.2, -0.15) is 0 Å². The number of thioether (sulfide) groups is 1. The molecule has 2 aromatic rings. The summed E-state index contributed by atoms with van der Waals surface area (Å²) in [6, 6.07) is 4.28. The van der Waals surface area contributed by atoms with Gasteiger partial charge in [-0.3, -0.25) is 14.5 Å². The van der Waals surface area contributed by atoms with Crippen LogP contribution in [0.15, 0.2) is 38.6 Å². The molecule has 1 saturated heterocycles. The highest BCUT2D eigenvalue weighted by molar-refractivity contribution is 8.26. The number of amides is 1. The molecular weight excluding hydrogens is 322 g/mol. The summed E-state index contributed by atoms with van der Waals surface area (Å²) >= 11 is 6.30. The minimum atomic E-state index is -0.261. The van der Waals surface area contributed by atoms with Crippen LogP contribution in [0.3, 0.4) is 0 Å². The number of fused-ring (bicyclic) bond motifs is 1. The van der Waals surface area contributed by atoms with E-state index in [2.05, 4.69) is 0 Å². The Morgan fingerprint density at radius 2 is 2.18 bits per heavy atom. The molecule has 1 aliphatic heterocycles. The molecule has 1 amide bonds. The van der Waals surface area contributed by atoms with Crippen molar-refractivity contribution in [3.63, 3.8) is 0 Å². The number of phenols is 1. The van der Waals surface area contributed by atoms with E-state index in [1.807, 2.05) is 6.92 Å². The molecule has 22 heavy (non-hydrogen) atoms. The van der Waals surface area contributed by atoms with Gasteiger partial charge in [-0.05, 0) is 25.1 Å². The number of carbonyl (C=O) groups is 1. The zero-order chi connectivity index (χ0) is 15.9. The average molecular weight is 333 g/mol. The molecule has 2 heterocycles. The van der Waals surface area contributed by atoms with Gasteiger partial charge in [-0.25, -0.2) is 0 Å². The molecule has 0 spiro atoms. The van der Waals surface area contributed by atoms with Crippen molar-refractivity contribution in [3.05, 3.63) is 45.2 Å². The fraction of sp³-hybridized carbons (Fsp3) is 0.133. The quantitative estimate of drug-likeness (QED) is 0.673. The number of phenolic OH excluding ortho intramolecular Hbond substituents is 1. The standard InChI is InChI=1S/C15H11NO4S2/c1-2-16-14(19)12(22-15(16)21)5-8-7-20-11-6-9(17)3-4-10(11)13(8)18/h3-7,17H,2H2,1H3/b12-5-. The lowest BCUT2D eigenvalue weighted by Crippen LogP contribution is -2.27. The average Bonchev–Trinajstić information content (AvgIpc) is 2.75. The number of rotatable bonds is 2. The zero-order valence-corrected chi connectivity index (χ0v) is 13.2. The monoisotopic (exact) mass is 333 g/mol. The summed E-state index contributed by atoms with van der Waals surface area (Å²) in [5, 5.41) is 9.74. The number of hydrogen-bond donors (Lipinski definition) is 1. The maximum atomic E-state index is 12.4. The van der Waals surface area contributed by atoms with Crippen molar-refractivity contribution in [2.75, 3.05) is 6.54 Å². The molecule has 3 rings (SSSR count). The fourth-order valence-electron chi connectivity index (χ4n) is 2.15. The van der Waals surface area contributed by atoms with Gasteiger partial charge in [0.1, 0.15) is 21.9 Å². The van der Waals surface area contributed by atoms with Crippen LogP contribution in [0.5, 0.6) is 5.75 Å². The molecule has 0 aliphatic carbocycles. The van der Waals surface area contributed by atoms with Crippen molar-refractivity contribution in [1.82, 2.24) is 4.90 Å². The number of benzene rings is 1. The second-order valence-corrected chi connectivity index (χ2v) is 6.30.